The summed E-state index contributed by atoms with van der Waals surface area (Å²) in [4.78, 5) is 13.3. The summed E-state index contributed by atoms with van der Waals surface area (Å²) in [6.07, 6.45) is -0.191. The van der Waals surface area contributed by atoms with Crippen molar-refractivity contribution >= 4 is 21.6 Å². The van der Waals surface area contributed by atoms with Crippen LogP contribution in [0.1, 0.15) is 13.8 Å². The number of carbonyl (C=O) groups is 1. The van der Waals surface area contributed by atoms with Crippen molar-refractivity contribution in [3.8, 4) is 5.75 Å². The van der Waals surface area contributed by atoms with Crippen LogP contribution in [0.25, 0.3) is 0 Å². The maximum absolute atomic E-state index is 12.7. The maximum atomic E-state index is 12.7. The predicted octanol–water partition coefficient (Wildman–Crippen LogP) is -0.204. The minimum Gasteiger partial charge on any atom is -0.487 e. The molecule has 134 valence electrons. The molecular weight excluding hydrogens is 336 g/mol. The lowest BCUT2D eigenvalue weighted by Crippen LogP contribution is -2.41. The standard InChI is InChI=1S/C15H22N2O6S/c1-11-10-17(12(2)20)14-9-13(3-4-15(14)23-11)24(21,22)16(5-7-18)6-8-19/h3-4,9,11,18-19H,5-8,10H2,1-2H3. The fraction of sp³-hybridized carbons (Fsp3) is 0.533. The topological polar surface area (TPSA) is 107 Å². The Morgan fingerprint density at radius 3 is 2.50 bits per heavy atom. The molecule has 0 fully saturated rings. The number of anilines is 1. The third kappa shape index (κ3) is 3.69. The average Bonchev–Trinajstić information content (AvgIpc) is 2.53. The first-order chi connectivity index (χ1) is 11.3. The largest absolute Gasteiger partial charge is 0.487 e. The van der Waals surface area contributed by atoms with Gasteiger partial charge in [0.05, 0.1) is 30.3 Å². The van der Waals surface area contributed by atoms with E-state index in [1.807, 2.05) is 6.92 Å². The van der Waals surface area contributed by atoms with Gasteiger partial charge in [-0.15, -0.1) is 0 Å². The van der Waals surface area contributed by atoms with E-state index in [9.17, 15) is 13.2 Å². The number of sulfonamides is 1. The van der Waals surface area contributed by atoms with Gasteiger partial charge in [-0.2, -0.15) is 4.31 Å². The van der Waals surface area contributed by atoms with Gasteiger partial charge in [-0.05, 0) is 25.1 Å². The first-order valence-corrected chi connectivity index (χ1v) is 9.06. The summed E-state index contributed by atoms with van der Waals surface area (Å²) in [5.74, 6) is 0.238. The van der Waals surface area contributed by atoms with Crippen molar-refractivity contribution in [3.05, 3.63) is 18.2 Å². The molecular formula is C15H22N2O6S. The zero-order chi connectivity index (χ0) is 17.9. The number of aliphatic hydroxyl groups is 2. The molecule has 1 aliphatic heterocycles. The molecule has 1 atom stereocenters. The number of hydrogen-bond acceptors (Lipinski definition) is 6. The zero-order valence-corrected chi connectivity index (χ0v) is 14.5. The van der Waals surface area contributed by atoms with Crippen LogP contribution in [0.2, 0.25) is 0 Å². The van der Waals surface area contributed by atoms with E-state index >= 15 is 0 Å². The number of fused-ring (bicyclic) bond motifs is 1. The van der Waals surface area contributed by atoms with Crippen LogP contribution < -0.4 is 9.64 Å². The van der Waals surface area contributed by atoms with Crippen LogP contribution in [0.5, 0.6) is 5.75 Å². The van der Waals surface area contributed by atoms with Crippen molar-refractivity contribution in [1.29, 1.82) is 0 Å². The Bertz CT molecular complexity index is 700. The smallest absolute Gasteiger partial charge is 0.243 e. The lowest BCUT2D eigenvalue weighted by atomic mass is 10.2. The number of hydrogen-bond donors (Lipinski definition) is 2. The van der Waals surface area contributed by atoms with Gasteiger partial charge in [-0.25, -0.2) is 8.42 Å². The maximum Gasteiger partial charge on any atom is 0.243 e. The quantitative estimate of drug-likeness (QED) is 0.729. The van der Waals surface area contributed by atoms with Crippen LogP contribution in [0.15, 0.2) is 23.1 Å². The van der Waals surface area contributed by atoms with Gasteiger partial charge in [0.15, 0.2) is 0 Å². The van der Waals surface area contributed by atoms with Gasteiger partial charge < -0.3 is 19.8 Å². The van der Waals surface area contributed by atoms with Crippen LogP contribution in [-0.4, -0.2) is 67.8 Å². The number of ether oxygens (including phenoxy) is 1. The highest BCUT2D eigenvalue weighted by Gasteiger charge is 2.30. The normalized spacial score (nSPS) is 17.5. The van der Waals surface area contributed by atoms with Gasteiger partial charge in [0.25, 0.3) is 0 Å². The second kappa shape index (κ2) is 7.47. The molecule has 8 nitrogen and oxygen atoms in total. The molecule has 1 aliphatic rings. The Kier molecular flexibility index (Phi) is 5.81. The van der Waals surface area contributed by atoms with E-state index in [2.05, 4.69) is 0 Å². The molecule has 1 aromatic rings. The summed E-state index contributed by atoms with van der Waals surface area (Å²) < 4.78 is 32.0. The third-order valence-electron chi connectivity index (χ3n) is 3.71. The van der Waals surface area contributed by atoms with Crippen LogP contribution >= 0.6 is 0 Å². The highest BCUT2D eigenvalue weighted by atomic mass is 32.2. The highest BCUT2D eigenvalue weighted by Crippen LogP contribution is 2.36. The molecule has 0 radical (unpaired) electrons. The Morgan fingerprint density at radius 1 is 1.33 bits per heavy atom. The Balaban J connectivity index is 2.46. The Hall–Kier alpha value is -1.68. The van der Waals surface area contributed by atoms with E-state index in [0.717, 1.165) is 4.31 Å². The molecule has 0 aliphatic carbocycles. The zero-order valence-electron chi connectivity index (χ0n) is 13.7. The van der Waals surface area contributed by atoms with Gasteiger partial charge >= 0.3 is 0 Å². The number of aliphatic hydroxyl groups excluding tert-OH is 2. The van der Waals surface area contributed by atoms with Gasteiger partial charge in [-0.3, -0.25) is 4.79 Å². The fourth-order valence-electron chi connectivity index (χ4n) is 2.60. The lowest BCUT2D eigenvalue weighted by Gasteiger charge is -2.33. The van der Waals surface area contributed by atoms with Gasteiger partial charge in [-0.1, -0.05) is 0 Å². The Morgan fingerprint density at radius 2 is 1.96 bits per heavy atom. The van der Waals surface area contributed by atoms with Crippen molar-refractivity contribution < 1.29 is 28.2 Å². The van der Waals surface area contributed by atoms with Gasteiger partial charge in [0.1, 0.15) is 11.9 Å². The number of amides is 1. The third-order valence-corrected chi connectivity index (χ3v) is 5.60. The van der Waals surface area contributed by atoms with Crippen LogP contribution in [0.4, 0.5) is 5.69 Å². The number of rotatable bonds is 6. The fourth-order valence-corrected chi connectivity index (χ4v) is 4.04. The molecule has 1 unspecified atom stereocenters. The molecule has 9 heteroatoms. The summed E-state index contributed by atoms with van der Waals surface area (Å²) in [6, 6.07) is 4.30. The van der Waals surface area contributed by atoms with E-state index < -0.39 is 10.0 Å². The predicted molar refractivity (Wildman–Crippen MR) is 87.5 cm³/mol. The SMILES string of the molecule is CC(=O)N1CC(C)Oc2ccc(S(=O)(=O)N(CCO)CCO)cc21. The second-order valence-corrected chi connectivity index (χ2v) is 7.48. The first-order valence-electron chi connectivity index (χ1n) is 7.62. The van der Waals surface area contributed by atoms with Crippen molar-refractivity contribution in [3.63, 3.8) is 0 Å². The van der Waals surface area contributed by atoms with E-state index in [4.69, 9.17) is 14.9 Å². The van der Waals surface area contributed by atoms with E-state index in [-0.39, 0.29) is 43.2 Å². The minimum absolute atomic E-state index is 0.0208. The molecule has 1 heterocycles. The van der Waals surface area contributed by atoms with Crippen molar-refractivity contribution in [1.82, 2.24) is 4.31 Å². The molecule has 0 aromatic heterocycles. The average molecular weight is 358 g/mol. The molecule has 0 saturated carbocycles. The highest BCUT2D eigenvalue weighted by molar-refractivity contribution is 7.89. The van der Waals surface area contributed by atoms with Crippen LogP contribution in [0, 0.1) is 0 Å². The molecule has 1 amide bonds. The van der Waals surface area contributed by atoms with Crippen LogP contribution in [-0.2, 0) is 14.8 Å². The number of carbonyl (C=O) groups excluding carboxylic acids is 1. The molecule has 0 saturated heterocycles. The van der Waals surface area contributed by atoms with E-state index in [0.29, 0.717) is 18.0 Å². The lowest BCUT2D eigenvalue weighted by molar-refractivity contribution is -0.117. The molecule has 2 rings (SSSR count). The summed E-state index contributed by atoms with van der Waals surface area (Å²) in [6.45, 7) is 2.62. The number of benzene rings is 1. The van der Waals surface area contributed by atoms with Crippen molar-refractivity contribution in [2.24, 2.45) is 0 Å². The summed E-state index contributed by atoms with van der Waals surface area (Å²) in [5.41, 5.74) is 0.398. The molecule has 2 N–H and O–H groups in total. The molecule has 24 heavy (non-hydrogen) atoms. The molecule has 0 spiro atoms. The summed E-state index contributed by atoms with van der Waals surface area (Å²) in [7, 11) is -3.90. The monoisotopic (exact) mass is 358 g/mol. The summed E-state index contributed by atoms with van der Waals surface area (Å²) in [5, 5.41) is 18.1. The van der Waals surface area contributed by atoms with Crippen molar-refractivity contribution in [2.75, 3.05) is 37.7 Å². The van der Waals surface area contributed by atoms with E-state index in [1.54, 1.807) is 0 Å². The summed E-state index contributed by atoms with van der Waals surface area (Å²) >= 11 is 0. The van der Waals surface area contributed by atoms with Crippen LogP contribution in [0.3, 0.4) is 0 Å². The van der Waals surface area contributed by atoms with Gasteiger partial charge in [0, 0.05) is 20.0 Å². The van der Waals surface area contributed by atoms with Crippen molar-refractivity contribution in [2.45, 2.75) is 24.8 Å². The number of nitrogens with zero attached hydrogens (tertiary/aromatic N) is 2. The Labute approximate surface area is 141 Å². The first kappa shape index (κ1) is 18.7. The van der Waals surface area contributed by atoms with Gasteiger partial charge in [0.2, 0.25) is 15.9 Å². The minimum atomic E-state index is -3.90. The van der Waals surface area contributed by atoms with E-state index in [1.165, 1.54) is 30.0 Å². The second-order valence-electron chi connectivity index (χ2n) is 5.54. The molecule has 0 bridgehead atoms. The molecule has 1 aromatic carbocycles.